The molecule has 0 bridgehead atoms. The number of anilines is 1. The zero-order valence-electron chi connectivity index (χ0n) is 22.8. The summed E-state index contributed by atoms with van der Waals surface area (Å²) in [6.07, 6.45) is 3.02. The van der Waals surface area contributed by atoms with Crippen LogP contribution in [0.3, 0.4) is 0 Å². The average molecular weight is 531 g/mol. The van der Waals surface area contributed by atoms with Crippen LogP contribution in [-0.2, 0) is 14.3 Å². The number of aliphatic hydroxyl groups excluding tert-OH is 2. The molecule has 1 aromatic rings. The largest absolute Gasteiger partial charge is 0.462 e. The molecule has 6 atom stereocenters. The zero-order chi connectivity index (χ0) is 27.5. The van der Waals surface area contributed by atoms with Gasteiger partial charge in [0, 0.05) is 30.6 Å². The van der Waals surface area contributed by atoms with Crippen LogP contribution in [-0.4, -0.2) is 71.6 Å². The summed E-state index contributed by atoms with van der Waals surface area (Å²) in [4.78, 5) is 39.9. The SMILES string of the molecule is CCOC(=O)c1cccc(NC(=O)OC2CCC3(C)C(CC(=O)N4CCCC4)C(O)CCC3C2(C)CO)c1. The minimum absolute atomic E-state index is 0.0292. The van der Waals surface area contributed by atoms with E-state index in [2.05, 4.69) is 12.2 Å². The van der Waals surface area contributed by atoms with Crippen LogP contribution in [0.1, 0.15) is 76.1 Å². The van der Waals surface area contributed by atoms with Crippen molar-refractivity contribution in [2.75, 3.05) is 31.6 Å². The van der Waals surface area contributed by atoms with E-state index in [1.807, 2.05) is 11.8 Å². The summed E-state index contributed by atoms with van der Waals surface area (Å²) < 4.78 is 10.9. The number of nitrogens with one attached hydrogen (secondary N) is 1. The second-order valence-corrected chi connectivity index (χ2v) is 11.6. The van der Waals surface area contributed by atoms with E-state index in [4.69, 9.17) is 9.47 Å². The molecule has 0 spiro atoms. The van der Waals surface area contributed by atoms with Gasteiger partial charge in [-0.3, -0.25) is 10.1 Å². The van der Waals surface area contributed by atoms with Crippen LogP contribution in [0.4, 0.5) is 10.5 Å². The van der Waals surface area contributed by atoms with Crippen molar-refractivity contribution in [2.24, 2.45) is 22.7 Å². The van der Waals surface area contributed by atoms with Gasteiger partial charge in [-0.05, 0) is 80.9 Å². The number of aliphatic hydroxyl groups is 2. The number of carbonyl (C=O) groups excluding carboxylic acids is 3. The number of esters is 1. The third kappa shape index (κ3) is 5.54. The second-order valence-electron chi connectivity index (χ2n) is 11.6. The number of hydrogen-bond acceptors (Lipinski definition) is 7. The molecular weight excluding hydrogens is 488 g/mol. The van der Waals surface area contributed by atoms with Gasteiger partial charge < -0.3 is 24.6 Å². The summed E-state index contributed by atoms with van der Waals surface area (Å²) >= 11 is 0. The van der Waals surface area contributed by atoms with Crippen LogP contribution < -0.4 is 5.32 Å². The van der Waals surface area contributed by atoms with Crippen molar-refractivity contribution in [1.29, 1.82) is 0 Å². The fourth-order valence-corrected chi connectivity index (χ4v) is 7.28. The van der Waals surface area contributed by atoms with E-state index < -0.39 is 29.7 Å². The maximum absolute atomic E-state index is 13.1. The van der Waals surface area contributed by atoms with Gasteiger partial charge in [0.15, 0.2) is 0 Å². The molecule has 4 rings (SSSR count). The first-order valence-corrected chi connectivity index (χ1v) is 13.9. The lowest BCUT2D eigenvalue weighted by atomic mass is 9.46. The van der Waals surface area contributed by atoms with Gasteiger partial charge in [0.1, 0.15) is 6.10 Å². The summed E-state index contributed by atoms with van der Waals surface area (Å²) in [6, 6.07) is 6.47. The molecule has 1 aromatic carbocycles. The highest BCUT2D eigenvalue weighted by molar-refractivity contribution is 5.92. The number of carbonyl (C=O) groups is 3. The van der Waals surface area contributed by atoms with Crippen molar-refractivity contribution < 1.29 is 34.1 Å². The number of nitrogens with zero attached hydrogens (tertiary/aromatic N) is 1. The van der Waals surface area contributed by atoms with Gasteiger partial charge in [0.2, 0.25) is 5.91 Å². The summed E-state index contributed by atoms with van der Waals surface area (Å²) in [5.41, 5.74) is -0.358. The van der Waals surface area contributed by atoms with Gasteiger partial charge in [0.25, 0.3) is 0 Å². The molecule has 38 heavy (non-hydrogen) atoms. The minimum atomic E-state index is -0.730. The Kier molecular flexibility index (Phi) is 8.67. The molecule has 0 radical (unpaired) electrons. The summed E-state index contributed by atoms with van der Waals surface area (Å²) in [5, 5.41) is 24.3. The maximum Gasteiger partial charge on any atom is 0.411 e. The lowest BCUT2D eigenvalue weighted by Crippen LogP contribution is -2.61. The Bertz CT molecular complexity index is 1030. The lowest BCUT2D eigenvalue weighted by Gasteiger charge is -2.60. The minimum Gasteiger partial charge on any atom is -0.462 e. The molecule has 6 unspecified atom stereocenters. The van der Waals surface area contributed by atoms with Crippen molar-refractivity contribution in [3.05, 3.63) is 29.8 Å². The van der Waals surface area contributed by atoms with Gasteiger partial charge in [-0.25, -0.2) is 9.59 Å². The maximum atomic E-state index is 13.1. The normalized spacial score (nSPS) is 32.8. The molecule has 1 saturated heterocycles. The first-order chi connectivity index (χ1) is 18.1. The molecule has 2 aliphatic carbocycles. The molecular formula is C29H42N2O7. The molecule has 0 aromatic heterocycles. The molecule has 9 nitrogen and oxygen atoms in total. The van der Waals surface area contributed by atoms with Crippen molar-refractivity contribution in [1.82, 2.24) is 4.90 Å². The van der Waals surface area contributed by atoms with Crippen molar-refractivity contribution >= 4 is 23.7 Å². The molecule has 2 amide bonds. The Morgan fingerprint density at radius 1 is 1.13 bits per heavy atom. The van der Waals surface area contributed by atoms with Crippen LogP contribution in [0.5, 0.6) is 0 Å². The Hall–Kier alpha value is -2.65. The summed E-state index contributed by atoms with van der Waals surface area (Å²) in [6.45, 7) is 7.45. The quantitative estimate of drug-likeness (QED) is 0.455. The molecule has 3 N–H and O–H groups in total. The van der Waals surface area contributed by atoms with Gasteiger partial charge in [0.05, 0.1) is 24.9 Å². The lowest BCUT2D eigenvalue weighted by molar-refractivity contribution is -0.186. The Morgan fingerprint density at radius 2 is 1.87 bits per heavy atom. The molecule has 2 saturated carbocycles. The summed E-state index contributed by atoms with van der Waals surface area (Å²) in [7, 11) is 0. The van der Waals surface area contributed by atoms with Crippen LogP contribution in [0, 0.1) is 22.7 Å². The van der Waals surface area contributed by atoms with Crippen molar-refractivity contribution in [3.63, 3.8) is 0 Å². The smallest absolute Gasteiger partial charge is 0.411 e. The Morgan fingerprint density at radius 3 is 2.55 bits per heavy atom. The zero-order valence-corrected chi connectivity index (χ0v) is 22.8. The number of benzene rings is 1. The Balaban J connectivity index is 1.47. The molecule has 1 aliphatic heterocycles. The topological polar surface area (TPSA) is 125 Å². The number of ether oxygens (including phenoxy) is 2. The van der Waals surface area contributed by atoms with E-state index in [0.717, 1.165) is 25.9 Å². The second kappa shape index (κ2) is 11.6. The van der Waals surface area contributed by atoms with E-state index in [1.54, 1.807) is 25.1 Å². The monoisotopic (exact) mass is 530 g/mol. The highest BCUT2D eigenvalue weighted by atomic mass is 16.6. The van der Waals surface area contributed by atoms with Crippen molar-refractivity contribution in [2.45, 2.75) is 77.9 Å². The third-order valence-corrected chi connectivity index (χ3v) is 9.40. The van der Waals surface area contributed by atoms with Crippen LogP contribution in [0.15, 0.2) is 24.3 Å². The van der Waals surface area contributed by atoms with Crippen LogP contribution in [0.2, 0.25) is 0 Å². The molecule has 3 aliphatic rings. The number of likely N-dealkylation sites (tertiary alicyclic amines) is 1. The van der Waals surface area contributed by atoms with E-state index in [9.17, 15) is 24.6 Å². The molecule has 210 valence electrons. The van der Waals surface area contributed by atoms with Crippen LogP contribution in [0.25, 0.3) is 0 Å². The number of hydrogen-bond donors (Lipinski definition) is 3. The molecule has 3 fully saturated rings. The molecule has 9 heteroatoms. The predicted octanol–water partition coefficient (Wildman–Crippen LogP) is 3.98. The van der Waals surface area contributed by atoms with Crippen molar-refractivity contribution in [3.8, 4) is 0 Å². The highest BCUT2D eigenvalue weighted by Crippen LogP contribution is 2.61. The number of rotatable bonds is 7. The van der Waals surface area contributed by atoms with Gasteiger partial charge in [-0.1, -0.05) is 19.9 Å². The van der Waals surface area contributed by atoms with E-state index >= 15 is 0 Å². The van der Waals surface area contributed by atoms with Gasteiger partial charge in [-0.15, -0.1) is 0 Å². The first-order valence-electron chi connectivity index (χ1n) is 13.9. The van der Waals surface area contributed by atoms with Gasteiger partial charge in [-0.2, -0.15) is 0 Å². The standard InChI is InChI=1S/C29H42N2O7/c1-4-37-26(35)19-8-7-9-20(16-19)30-27(36)38-24-12-13-28(2)21(17-25(34)31-14-5-6-15-31)22(33)10-11-23(28)29(24,3)18-32/h7-9,16,21-24,32-33H,4-6,10-15,17-18H2,1-3H3,(H,30,36). The van der Waals surface area contributed by atoms with E-state index in [-0.39, 0.29) is 36.4 Å². The number of fused-ring (bicyclic) bond motifs is 1. The fraction of sp³-hybridized carbons (Fsp3) is 0.690. The molecule has 1 heterocycles. The average Bonchev–Trinajstić information content (AvgIpc) is 3.44. The predicted molar refractivity (Wildman–Crippen MR) is 141 cm³/mol. The van der Waals surface area contributed by atoms with Gasteiger partial charge >= 0.3 is 12.1 Å². The van der Waals surface area contributed by atoms with E-state index in [1.165, 1.54) is 6.07 Å². The Labute approximate surface area is 224 Å². The van der Waals surface area contributed by atoms with Crippen LogP contribution >= 0.6 is 0 Å². The highest BCUT2D eigenvalue weighted by Gasteiger charge is 2.60. The fourth-order valence-electron chi connectivity index (χ4n) is 7.28. The summed E-state index contributed by atoms with van der Waals surface area (Å²) in [5.74, 6) is -0.609. The first kappa shape index (κ1) is 28.4. The third-order valence-electron chi connectivity index (χ3n) is 9.40. The van der Waals surface area contributed by atoms with E-state index in [0.29, 0.717) is 43.4 Å². The number of amides is 2.